The number of benzene rings is 2. The predicted molar refractivity (Wildman–Crippen MR) is 173 cm³/mol. The van der Waals surface area contributed by atoms with Gasteiger partial charge in [0.1, 0.15) is 5.57 Å². The fourth-order valence-corrected chi connectivity index (χ4v) is 5.39. The van der Waals surface area contributed by atoms with Crippen LogP contribution in [0.15, 0.2) is 60.2 Å². The highest BCUT2D eigenvalue weighted by atomic mass is 15.2. The summed E-state index contributed by atoms with van der Waals surface area (Å²) in [4.78, 5) is 0. The molecule has 0 N–H and O–H groups in total. The molecule has 0 bridgehead atoms. The molecule has 214 valence electrons. The summed E-state index contributed by atoms with van der Waals surface area (Å²) in [5.74, 6) is 6.85. The molecular formula is C38H52N2. The Morgan fingerprint density at radius 3 is 1.68 bits per heavy atom. The Hall–Kier alpha value is -2.92. The number of nitrogens with zero attached hydrogens (tertiary/aromatic N) is 2. The second-order valence-corrected chi connectivity index (χ2v) is 11.4. The van der Waals surface area contributed by atoms with E-state index in [4.69, 9.17) is 0 Å². The Labute approximate surface area is 245 Å². The van der Waals surface area contributed by atoms with Crippen LogP contribution < -0.4 is 0 Å². The Morgan fingerprint density at radius 1 is 0.575 bits per heavy atom. The van der Waals surface area contributed by atoms with E-state index in [0.29, 0.717) is 0 Å². The van der Waals surface area contributed by atoms with E-state index in [-0.39, 0.29) is 0 Å². The minimum Gasteiger partial charge on any atom is -0.493 e. The van der Waals surface area contributed by atoms with Crippen LogP contribution in [-0.4, -0.2) is 4.70 Å². The van der Waals surface area contributed by atoms with Crippen molar-refractivity contribution in [2.75, 3.05) is 0 Å². The van der Waals surface area contributed by atoms with Crippen LogP contribution in [0, 0.1) is 11.8 Å². The largest absolute Gasteiger partial charge is 0.493 e. The third-order valence-electron chi connectivity index (χ3n) is 7.97. The van der Waals surface area contributed by atoms with Crippen LogP contribution in [0.4, 0.5) is 0 Å². The first-order valence-corrected chi connectivity index (χ1v) is 16.3. The molecule has 0 saturated carbocycles. The predicted octanol–water partition coefficient (Wildman–Crippen LogP) is 11.5. The van der Waals surface area contributed by atoms with E-state index in [1.54, 1.807) is 0 Å². The van der Waals surface area contributed by atoms with Crippen molar-refractivity contribution in [1.82, 2.24) is 0 Å². The van der Waals surface area contributed by atoms with Gasteiger partial charge in [-0.2, -0.15) is 0 Å². The first-order valence-electron chi connectivity index (χ1n) is 16.3. The summed E-state index contributed by atoms with van der Waals surface area (Å²) in [7, 11) is 0. The van der Waals surface area contributed by atoms with E-state index in [1.807, 2.05) is 0 Å². The minimum atomic E-state index is 0.795. The third kappa shape index (κ3) is 10.2. The lowest BCUT2D eigenvalue weighted by atomic mass is 10.0. The molecule has 0 saturated heterocycles. The Balaban J connectivity index is 1.70. The summed E-state index contributed by atoms with van der Waals surface area (Å²) < 4.78 is 1.36. The molecule has 0 aliphatic carbocycles. The van der Waals surface area contributed by atoms with Crippen LogP contribution in [-0.2, 0) is 12.8 Å². The average Bonchev–Trinajstić information content (AvgIpc) is 3.31. The molecule has 2 aromatic carbocycles. The molecule has 0 atom stereocenters. The summed E-state index contributed by atoms with van der Waals surface area (Å²) in [6, 6.07) is 17.4. The van der Waals surface area contributed by atoms with Gasteiger partial charge in [-0.25, -0.2) is 4.70 Å². The zero-order valence-electron chi connectivity index (χ0n) is 25.6. The zero-order chi connectivity index (χ0) is 28.4. The smallest absolute Gasteiger partial charge is 0.223 e. The molecule has 1 heterocycles. The lowest BCUT2D eigenvalue weighted by Gasteiger charge is -2.10. The van der Waals surface area contributed by atoms with Gasteiger partial charge >= 0.3 is 0 Å². The summed E-state index contributed by atoms with van der Waals surface area (Å²) in [6.45, 7) is 6.75. The zero-order valence-corrected chi connectivity index (χ0v) is 25.6. The molecule has 0 unspecified atom stereocenters. The van der Waals surface area contributed by atoms with Crippen molar-refractivity contribution in [2.24, 2.45) is 0 Å². The van der Waals surface area contributed by atoms with Gasteiger partial charge in [0.25, 0.3) is 0 Å². The van der Waals surface area contributed by atoms with Crippen molar-refractivity contribution < 1.29 is 4.70 Å². The number of unbranched alkanes of at least 4 members (excludes halogenated alkanes) is 12. The third-order valence-corrected chi connectivity index (χ3v) is 7.97. The van der Waals surface area contributed by atoms with Gasteiger partial charge in [0.2, 0.25) is 11.4 Å². The van der Waals surface area contributed by atoms with E-state index < -0.39 is 0 Å². The summed E-state index contributed by atoms with van der Waals surface area (Å²) >= 11 is 0. The van der Waals surface area contributed by atoms with Gasteiger partial charge in [0.15, 0.2) is 0 Å². The van der Waals surface area contributed by atoms with Gasteiger partial charge in [0, 0.05) is 23.6 Å². The highest BCUT2D eigenvalue weighted by Gasteiger charge is 2.28. The molecule has 40 heavy (non-hydrogen) atoms. The molecule has 0 radical (unpaired) electrons. The maximum absolute atomic E-state index is 11.4. The van der Waals surface area contributed by atoms with Gasteiger partial charge < -0.3 is 5.53 Å². The first kappa shape index (κ1) is 31.6. The number of aryl methyl sites for hydroxylation is 2. The molecule has 1 aliphatic rings. The van der Waals surface area contributed by atoms with Crippen LogP contribution in [0.5, 0.6) is 0 Å². The second-order valence-electron chi connectivity index (χ2n) is 11.4. The highest BCUT2D eigenvalue weighted by Crippen LogP contribution is 2.35. The van der Waals surface area contributed by atoms with Crippen molar-refractivity contribution in [1.29, 1.82) is 0 Å². The van der Waals surface area contributed by atoms with Gasteiger partial charge in [-0.15, -0.1) is 0 Å². The van der Waals surface area contributed by atoms with E-state index in [1.165, 1.54) is 99.3 Å². The summed E-state index contributed by atoms with van der Waals surface area (Å²) in [5.41, 5.74) is 18.7. The van der Waals surface area contributed by atoms with Crippen molar-refractivity contribution in [3.05, 3.63) is 88.0 Å². The van der Waals surface area contributed by atoms with Crippen LogP contribution in [0.1, 0.15) is 139 Å². The second kappa shape index (κ2) is 18.4. The van der Waals surface area contributed by atoms with Gasteiger partial charge in [0.05, 0.1) is 0 Å². The summed E-state index contributed by atoms with van der Waals surface area (Å²) in [5, 5.41) is 0. The Morgan fingerprint density at radius 2 is 1.07 bits per heavy atom. The molecule has 2 heteroatoms. The Kier molecular flexibility index (Phi) is 14.6. The SMILES string of the molecule is CCCCCCCCCCC#CC1=C(c2ccc(CCCC)cc2)[N+](=[N-])C(c2ccc(CCCCCC)cc2)=C1. The van der Waals surface area contributed by atoms with E-state index >= 15 is 0 Å². The molecule has 1 aliphatic heterocycles. The number of hydrogen-bond donors (Lipinski definition) is 0. The first-order chi connectivity index (χ1) is 19.7. The van der Waals surface area contributed by atoms with Gasteiger partial charge in [-0.1, -0.05) is 128 Å². The van der Waals surface area contributed by atoms with Gasteiger partial charge in [-0.3, -0.25) is 0 Å². The molecule has 2 aromatic rings. The van der Waals surface area contributed by atoms with Crippen molar-refractivity contribution in [3.63, 3.8) is 0 Å². The highest BCUT2D eigenvalue weighted by molar-refractivity contribution is 5.81. The summed E-state index contributed by atoms with van der Waals surface area (Å²) in [6.07, 6.45) is 23.2. The van der Waals surface area contributed by atoms with Gasteiger partial charge in [-0.05, 0) is 67.5 Å². The molecule has 0 amide bonds. The van der Waals surface area contributed by atoms with Crippen LogP contribution in [0.25, 0.3) is 16.9 Å². The van der Waals surface area contributed by atoms with E-state index in [0.717, 1.165) is 53.8 Å². The van der Waals surface area contributed by atoms with Crippen molar-refractivity contribution in [3.8, 4) is 11.8 Å². The lowest BCUT2D eigenvalue weighted by molar-refractivity contribution is -0.344. The molecule has 0 aromatic heterocycles. The fraction of sp³-hybridized carbons (Fsp3) is 0.526. The van der Waals surface area contributed by atoms with Crippen LogP contribution in [0.2, 0.25) is 0 Å². The molecule has 2 nitrogen and oxygen atoms in total. The molecular weight excluding hydrogens is 484 g/mol. The van der Waals surface area contributed by atoms with E-state index in [9.17, 15) is 5.53 Å². The standard InChI is InChI=1S/C38H52N2/c1-4-7-10-12-13-14-15-16-17-19-22-36-31-37(34-27-23-33(24-28-34)21-18-11-8-5-2)40(39)38(36)35-29-25-32(26-30-35)20-9-6-3/h23-31H,4-18,20-21H2,1-3H3. The monoisotopic (exact) mass is 536 g/mol. The van der Waals surface area contributed by atoms with Crippen molar-refractivity contribution in [2.45, 2.75) is 130 Å². The van der Waals surface area contributed by atoms with E-state index in [2.05, 4.69) is 87.2 Å². The number of allylic oxidation sites excluding steroid dienone is 2. The normalized spacial score (nSPS) is 13.0. The quantitative estimate of drug-likeness (QED) is 0.103. The Bertz CT molecular complexity index is 1150. The molecule has 0 spiro atoms. The van der Waals surface area contributed by atoms with Crippen molar-refractivity contribution >= 4 is 11.4 Å². The maximum atomic E-state index is 11.4. The van der Waals surface area contributed by atoms with Crippen LogP contribution in [0.3, 0.4) is 0 Å². The topological polar surface area (TPSA) is 25.3 Å². The number of hydrogen-bond acceptors (Lipinski definition) is 0. The minimum absolute atomic E-state index is 0.795. The molecule has 0 fully saturated rings. The fourth-order valence-electron chi connectivity index (χ4n) is 5.39. The average molecular weight is 537 g/mol. The van der Waals surface area contributed by atoms with Crippen LogP contribution >= 0.6 is 0 Å². The maximum Gasteiger partial charge on any atom is 0.223 e. The number of rotatable bonds is 18. The lowest BCUT2D eigenvalue weighted by Crippen LogP contribution is -2.02. The molecule has 3 rings (SSSR count).